The lowest BCUT2D eigenvalue weighted by molar-refractivity contribution is -0.465. The van der Waals surface area contributed by atoms with E-state index in [2.05, 4.69) is 10.3 Å². The van der Waals surface area contributed by atoms with Crippen LogP contribution in [0.2, 0.25) is 0 Å². The van der Waals surface area contributed by atoms with Gasteiger partial charge >= 0.3 is 11.9 Å². The summed E-state index contributed by atoms with van der Waals surface area (Å²) in [5, 5.41) is 23.7. The number of fused-ring (bicyclic) bond motifs is 2. The molecule has 2 aromatic rings. The van der Waals surface area contributed by atoms with Gasteiger partial charge in [0.25, 0.3) is 0 Å². The van der Waals surface area contributed by atoms with Crippen LogP contribution in [0, 0.1) is 0 Å². The summed E-state index contributed by atoms with van der Waals surface area (Å²) in [5.74, 6) is -1.80. The molecule has 1 aliphatic heterocycles. The maximum Gasteiger partial charge on any atom is 0.336 e. The molecule has 8 heteroatoms. The van der Waals surface area contributed by atoms with Gasteiger partial charge < -0.3 is 32.4 Å². The highest BCUT2D eigenvalue weighted by atomic mass is 35.5. The SMILES string of the molecule is CNc1ccc2c(-c3ccc(C(=O)O)cc3C(=O)O)c3ccc(=[NH+]C)cc-3oc2c1.[Cl-]. The summed E-state index contributed by atoms with van der Waals surface area (Å²) in [7, 11) is 3.60. The van der Waals surface area contributed by atoms with Crippen molar-refractivity contribution in [2.75, 3.05) is 19.4 Å². The average Bonchev–Trinajstić information content (AvgIpc) is 2.76. The lowest BCUT2D eigenvalue weighted by Crippen LogP contribution is -3.00. The third kappa shape index (κ3) is 3.83. The summed E-state index contributed by atoms with van der Waals surface area (Å²) in [4.78, 5) is 26.4. The van der Waals surface area contributed by atoms with Crippen LogP contribution < -0.4 is 28.1 Å². The van der Waals surface area contributed by atoms with Gasteiger partial charge in [0, 0.05) is 41.4 Å². The fourth-order valence-corrected chi connectivity index (χ4v) is 3.56. The van der Waals surface area contributed by atoms with Crippen LogP contribution in [0.15, 0.2) is 59.0 Å². The second-order valence-corrected chi connectivity index (χ2v) is 6.77. The minimum absolute atomic E-state index is 0. The van der Waals surface area contributed by atoms with Crippen LogP contribution in [-0.2, 0) is 0 Å². The van der Waals surface area contributed by atoms with E-state index in [1.54, 1.807) is 20.2 Å². The highest BCUT2D eigenvalue weighted by Crippen LogP contribution is 2.41. The Morgan fingerprint density at radius 3 is 2.32 bits per heavy atom. The molecule has 0 bridgehead atoms. The number of carbonyl (C=O) groups is 2. The van der Waals surface area contributed by atoms with Crippen molar-refractivity contribution in [3.05, 3.63) is 71.1 Å². The predicted molar refractivity (Wildman–Crippen MR) is 112 cm³/mol. The van der Waals surface area contributed by atoms with Crippen LogP contribution in [0.3, 0.4) is 0 Å². The molecule has 4 rings (SSSR count). The number of anilines is 1. The van der Waals surface area contributed by atoms with E-state index in [4.69, 9.17) is 4.42 Å². The van der Waals surface area contributed by atoms with Crippen molar-refractivity contribution in [2.24, 2.45) is 0 Å². The molecule has 0 saturated carbocycles. The molecule has 0 saturated heterocycles. The smallest absolute Gasteiger partial charge is 0.336 e. The standard InChI is InChI=1S/C23H18N2O5.ClH/c1-24-13-4-7-16-19(10-13)30-20-11-14(25-2)5-8-17(20)21(16)15-6-3-12(22(26)27)9-18(15)23(28)29;/h3-11,24H,1-2H3,(H,26,27)(H,28,29);1H. The number of hydrogen-bond acceptors (Lipinski definition) is 4. The molecule has 0 spiro atoms. The van der Waals surface area contributed by atoms with Crippen molar-refractivity contribution in [3.8, 4) is 22.5 Å². The van der Waals surface area contributed by atoms with Gasteiger partial charge in [-0.15, -0.1) is 0 Å². The van der Waals surface area contributed by atoms with E-state index in [1.807, 2.05) is 36.4 Å². The molecular formula is C23H19ClN2O5. The van der Waals surface area contributed by atoms with E-state index in [0.29, 0.717) is 22.5 Å². The van der Waals surface area contributed by atoms with Crippen molar-refractivity contribution in [1.82, 2.24) is 0 Å². The van der Waals surface area contributed by atoms with Gasteiger partial charge in [-0.05, 0) is 35.9 Å². The lowest BCUT2D eigenvalue weighted by atomic mass is 9.90. The Kier molecular flexibility index (Phi) is 5.99. The zero-order valence-electron chi connectivity index (χ0n) is 16.7. The zero-order valence-corrected chi connectivity index (χ0v) is 17.4. The van der Waals surface area contributed by atoms with Crippen LogP contribution in [-0.4, -0.2) is 36.2 Å². The highest BCUT2D eigenvalue weighted by Gasteiger charge is 2.23. The third-order valence-corrected chi connectivity index (χ3v) is 5.07. The van der Waals surface area contributed by atoms with Gasteiger partial charge in [-0.3, -0.25) is 0 Å². The molecule has 4 N–H and O–H groups in total. The molecule has 158 valence electrons. The van der Waals surface area contributed by atoms with Crippen LogP contribution in [0.25, 0.3) is 33.4 Å². The van der Waals surface area contributed by atoms with E-state index < -0.39 is 11.9 Å². The minimum atomic E-state index is -1.20. The highest BCUT2D eigenvalue weighted by molar-refractivity contribution is 6.08. The zero-order chi connectivity index (χ0) is 21.4. The molecule has 1 heterocycles. The summed E-state index contributed by atoms with van der Waals surface area (Å²) in [6, 6.07) is 15.3. The first kappa shape index (κ1) is 21.9. The van der Waals surface area contributed by atoms with Crippen molar-refractivity contribution in [2.45, 2.75) is 0 Å². The fourth-order valence-electron chi connectivity index (χ4n) is 3.56. The largest absolute Gasteiger partial charge is 1.00 e. The van der Waals surface area contributed by atoms with E-state index in [9.17, 15) is 19.8 Å². The maximum absolute atomic E-state index is 12.0. The van der Waals surface area contributed by atoms with E-state index in [-0.39, 0.29) is 23.5 Å². The number of nitrogens with one attached hydrogen (secondary N) is 2. The number of benzene rings is 3. The van der Waals surface area contributed by atoms with Gasteiger partial charge in [0.1, 0.15) is 18.4 Å². The van der Waals surface area contributed by atoms with Crippen LogP contribution in [0.1, 0.15) is 20.7 Å². The molecule has 0 atom stereocenters. The second-order valence-electron chi connectivity index (χ2n) is 6.77. The summed E-state index contributed by atoms with van der Waals surface area (Å²) in [6.07, 6.45) is 0. The molecule has 0 unspecified atom stereocenters. The molecule has 0 fully saturated rings. The molecule has 2 aliphatic rings. The van der Waals surface area contributed by atoms with Crippen LogP contribution >= 0.6 is 0 Å². The van der Waals surface area contributed by atoms with Crippen LogP contribution in [0.5, 0.6) is 0 Å². The second kappa shape index (κ2) is 8.49. The number of aromatic carboxylic acids is 2. The number of hydrogen-bond donors (Lipinski definition) is 4. The average molecular weight is 439 g/mol. The fraction of sp³-hybridized carbons (Fsp3) is 0.0870. The Morgan fingerprint density at radius 2 is 1.68 bits per heavy atom. The first-order chi connectivity index (χ1) is 14.4. The number of carboxylic acids is 2. The molecule has 0 radical (unpaired) electrons. The van der Waals surface area contributed by atoms with Gasteiger partial charge in [0.15, 0.2) is 0 Å². The monoisotopic (exact) mass is 438 g/mol. The number of carboxylic acid groups (broad SMARTS) is 2. The molecule has 2 aromatic carbocycles. The van der Waals surface area contributed by atoms with E-state index in [0.717, 1.165) is 22.0 Å². The number of rotatable bonds is 4. The van der Waals surface area contributed by atoms with Gasteiger partial charge in [0.05, 0.1) is 17.2 Å². The summed E-state index contributed by atoms with van der Waals surface area (Å²) >= 11 is 0. The predicted octanol–water partition coefficient (Wildman–Crippen LogP) is -0.742. The van der Waals surface area contributed by atoms with Gasteiger partial charge in [0.2, 0.25) is 5.36 Å². The Balaban J connectivity index is 0.00000272. The van der Waals surface area contributed by atoms with Crippen LogP contribution in [0.4, 0.5) is 5.69 Å². The molecule has 0 aromatic heterocycles. The van der Waals surface area contributed by atoms with Crippen molar-refractivity contribution < 1.29 is 41.6 Å². The van der Waals surface area contributed by atoms with E-state index >= 15 is 0 Å². The third-order valence-electron chi connectivity index (χ3n) is 5.07. The maximum atomic E-state index is 12.0. The number of halogens is 1. The van der Waals surface area contributed by atoms with Crippen molar-refractivity contribution in [3.63, 3.8) is 0 Å². The topological polar surface area (TPSA) is 114 Å². The Hall–Kier alpha value is -3.84. The summed E-state index contributed by atoms with van der Waals surface area (Å²) in [6.45, 7) is 0. The van der Waals surface area contributed by atoms with Gasteiger partial charge in [-0.2, -0.15) is 0 Å². The molecule has 0 amide bonds. The minimum Gasteiger partial charge on any atom is -1.00 e. The van der Waals surface area contributed by atoms with Gasteiger partial charge in [-0.25, -0.2) is 14.6 Å². The Bertz CT molecular complexity index is 1360. The Labute approximate surface area is 183 Å². The molecule has 7 nitrogen and oxygen atoms in total. The first-order valence-electron chi connectivity index (χ1n) is 9.23. The summed E-state index contributed by atoms with van der Waals surface area (Å²) < 4.78 is 6.13. The molecular weight excluding hydrogens is 420 g/mol. The van der Waals surface area contributed by atoms with Crippen molar-refractivity contribution in [1.29, 1.82) is 0 Å². The first-order valence-corrected chi connectivity index (χ1v) is 9.23. The Morgan fingerprint density at radius 1 is 0.935 bits per heavy atom. The molecule has 31 heavy (non-hydrogen) atoms. The normalized spacial score (nSPS) is 11.4. The molecule has 1 aliphatic carbocycles. The van der Waals surface area contributed by atoms with Crippen molar-refractivity contribution >= 4 is 28.6 Å². The van der Waals surface area contributed by atoms with E-state index in [1.165, 1.54) is 12.1 Å². The summed E-state index contributed by atoms with van der Waals surface area (Å²) in [5.41, 5.74) is 3.08. The van der Waals surface area contributed by atoms with Gasteiger partial charge in [-0.1, -0.05) is 6.07 Å². The lowest BCUT2D eigenvalue weighted by Gasteiger charge is -2.17. The quantitative estimate of drug-likeness (QED) is 0.312.